The lowest BCUT2D eigenvalue weighted by molar-refractivity contribution is -0.386. The van der Waals surface area contributed by atoms with Gasteiger partial charge in [0.05, 0.1) is 18.8 Å². The number of benzene rings is 2. The average Bonchev–Trinajstić information content (AvgIpc) is 2.54. The molecule has 0 saturated carbocycles. The number of rotatable bonds is 3. The number of carbonyl (C=O) groups is 1. The molecule has 0 fully saturated rings. The van der Waals surface area contributed by atoms with Gasteiger partial charge in [0.15, 0.2) is 0 Å². The highest BCUT2D eigenvalue weighted by atomic mass is 79.9. The second-order valence-electron chi connectivity index (χ2n) is 4.75. The molecule has 0 atom stereocenters. The van der Waals surface area contributed by atoms with E-state index in [4.69, 9.17) is 5.73 Å². The molecule has 2 aromatic rings. The van der Waals surface area contributed by atoms with Gasteiger partial charge in [-0.05, 0) is 56.1 Å². The first-order valence-electron chi connectivity index (χ1n) is 6.75. The molecule has 0 bridgehead atoms. The second kappa shape index (κ2) is 9.32. The summed E-state index contributed by atoms with van der Waals surface area (Å²) in [6, 6.07) is 5.13. The van der Waals surface area contributed by atoms with Gasteiger partial charge in [-0.2, -0.15) is 8.78 Å². The third-order valence-electron chi connectivity index (χ3n) is 2.85. The number of nitrogens with zero attached hydrogens (tertiary/aromatic N) is 2. The summed E-state index contributed by atoms with van der Waals surface area (Å²) < 4.78 is 26.3. The molecule has 0 saturated heterocycles. The van der Waals surface area contributed by atoms with Crippen molar-refractivity contribution in [1.82, 2.24) is 0 Å². The molecule has 9 nitrogen and oxygen atoms in total. The number of nitro groups is 2. The van der Waals surface area contributed by atoms with Gasteiger partial charge in [0.1, 0.15) is 11.4 Å². The fourth-order valence-corrected chi connectivity index (χ4v) is 2.39. The quantitative estimate of drug-likeness (QED) is 0.352. The van der Waals surface area contributed by atoms with E-state index in [1.165, 1.54) is 31.2 Å². The van der Waals surface area contributed by atoms with Crippen LogP contribution in [0, 0.1) is 31.9 Å². The predicted octanol–water partition coefficient (Wildman–Crippen LogP) is 4.53. The number of hydrogen-bond donors (Lipinski definition) is 2. The minimum atomic E-state index is -1.01. The van der Waals surface area contributed by atoms with Crippen LogP contribution < -0.4 is 11.1 Å². The molecule has 0 unspecified atom stereocenters. The van der Waals surface area contributed by atoms with Crippen LogP contribution in [0.3, 0.4) is 0 Å². The molecular weight excluding hydrogens is 502 g/mol. The molecule has 0 aliphatic carbocycles. The van der Waals surface area contributed by atoms with Gasteiger partial charge in [0, 0.05) is 6.92 Å². The van der Waals surface area contributed by atoms with E-state index in [9.17, 15) is 33.8 Å². The van der Waals surface area contributed by atoms with Crippen LogP contribution in [-0.2, 0) is 4.79 Å². The van der Waals surface area contributed by atoms with Crippen LogP contribution in [0.1, 0.15) is 6.92 Å². The number of carbonyl (C=O) groups excluding carboxylic acids is 1. The van der Waals surface area contributed by atoms with Crippen LogP contribution in [0.4, 0.5) is 31.5 Å². The van der Waals surface area contributed by atoms with Gasteiger partial charge in [-0.1, -0.05) is 0 Å². The number of halogens is 4. The SMILES string of the molecule is CC(=O)Nc1ccc(Br)c(F)c1[N+](=O)[O-].Nc1ccc(Br)c(F)c1[N+](=O)[O-]. The molecule has 2 rings (SSSR count). The zero-order chi connectivity index (χ0) is 20.9. The molecule has 0 radical (unpaired) electrons. The molecular formula is C14H10Br2F2N4O5. The van der Waals surface area contributed by atoms with Crippen molar-refractivity contribution in [2.24, 2.45) is 0 Å². The monoisotopic (exact) mass is 510 g/mol. The van der Waals surface area contributed by atoms with Crippen molar-refractivity contribution in [3.8, 4) is 0 Å². The molecule has 144 valence electrons. The average molecular weight is 512 g/mol. The number of amides is 1. The van der Waals surface area contributed by atoms with Gasteiger partial charge < -0.3 is 11.1 Å². The molecule has 0 aromatic heterocycles. The Morgan fingerprint density at radius 3 is 1.85 bits per heavy atom. The van der Waals surface area contributed by atoms with Crippen LogP contribution in [0.15, 0.2) is 33.2 Å². The third-order valence-corrected chi connectivity index (χ3v) is 4.07. The molecule has 1 amide bonds. The number of hydrogen-bond acceptors (Lipinski definition) is 6. The molecule has 2 aromatic carbocycles. The number of nitrogen functional groups attached to an aromatic ring is 1. The number of nitro benzene ring substituents is 2. The van der Waals surface area contributed by atoms with Crippen molar-refractivity contribution in [2.75, 3.05) is 11.1 Å². The van der Waals surface area contributed by atoms with E-state index in [1.807, 2.05) is 0 Å². The van der Waals surface area contributed by atoms with Crippen molar-refractivity contribution in [1.29, 1.82) is 0 Å². The maximum atomic E-state index is 13.3. The van der Waals surface area contributed by atoms with Crippen molar-refractivity contribution in [3.05, 3.63) is 65.1 Å². The summed E-state index contributed by atoms with van der Waals surface area (Å²) >= 11 is 5.64. The topological polar surface area (TPSA) is 141 Å². The Morgan fingerprint density at radius 2 is 1.44 bits per heavy atom. The Labute approximate surface area is 167 Å². The molecule has 27 heavy (non-hydrogen) atoms. The number of nitrogens with two attached hydrogens (primary N) is 1. The summed E-state index contributed by atoms with van der Waals surface area (Å²) in [6.45, 7) is 1.18. The minimum Gasteiger partial charge on any atom is -0.393 e. The fraction of sp³-hybridized carbons (Fsp3) is 0.0714. The number of nitrogens with one attached hydrogen (secondary N) is 1. The third kappa shape index (κ3) is 5.65. The van der Waals surface area contributed by atoms with E-state index in [0.717, 1.165) is 0 Å². The van der Waals surface area contributed by atoms with E-state index >= 15 is 0 Å². The Balaban J connectivity index is 0.000000277. The highest BCUT2D eigenvalue weighted by molar-refractivity contribution is 9.10. The molecule has 3 N–H and O–H groups in total. The first-order valence-corrected chi connectivity index (χ1v) is 8.33. The van der Waals surface area contributed by atoms with Crippen LogP contribution in [0.2, 0.25) is 0 Å². The number of anilines is 2. The summed E-state index contributed by atoms with van der Waals surface area (Å²) in [5.41, 5.74) is 3.41. The fourth-order valence-electron chi connectivity index (χ4n) is 1.75. The van der Waals surface area contributed by atoms with Crippen molar-refractivity contribution in [3.63, 3.8) is 0 Å². The predicted molar refractivity (Wildman–Crippen MR) is 100 cm³/mol. The van der Waals surface area contributed by atoms with Crippen LogP contribution in [0.25, 0.3) is 0 Å². The Kier molecular flexibility index (Phi) is 7.72. The summed E-state index contributed by atoms with van der Waals surface area (Å²) in [5, 5.41) is 23.0. The highest BCUT2D eigenvalue weighted by Crippen LogP contribution is 2.32. The van der Waals surface area contributed by atoms with Crippen LogP contribution >= 0.6 is 31.9 Å². The standard InChI is InChI=1S/C8H6BrFN2O3.C6H4BrFN2O2/c1-4(13)11-6-3-2-5(9)7(10)8(6)12(14)15;7-3-1-2-4(9)6(5(3)8)10(11)12/h2-3H,1H3,(H,11,13);1-2H,9H2. The van der Waals surface area contributed by atoms with E-state index in [1.54, 1.807) is 0 Å². The maximum absolute atomic E-state index is 13.3. The van der Waals surface area contributed by atoms with Gasteiger partial charge in [-0.3, -0.25) is 25.0 Å². The smallest absolute Gasteiger partial charge is 0.329 e. The minimum absolute atomic E-state index is 0.0247. The summed E-state index contributed by atoms with van der Waals surface area (Å²) in [4.78, 5) is 29.8. The lowest BCUT2D eigenvalue weighted by Gasteiger charge is -2.04. The van der Waals surface area contributed by atoms with Gasteiger partial charge in [-0.15, -0.1) is 0 Å². The molecule has 0 aliphatic rings. The highest BCUT2D eigenvalue weighted by Gasteiger charge is 2.23. The second-order valence-corrected chi connectivity index (χ2v) is 6.46. The normalized spacial score (nSPS) is 9.81. The Bertz CT molecular complexity index is 927. The van der Waals surface area contributed by atoms with Gasteiger partial charge >= 0.3 is 11.4 Å². The van der Waals surface area contributed by atoms with Crippen molar-refractivity contribution >= 4 is 60.5 Å². The van der Waals surface area contributed by atoms with Crippen molar-refractivity contribution in [2.45, 2.75) is 6.92 Å². The lowest BCUT2D eigenvalue weighted by atomic mass is 10.2. The van der Waals surface area contributed by atoms with Gasteiger partial charge in [-0.25, -0.2) is 0 Å². The molecule has 0 aliphatic heterocycles. The molecule has 0 heterocycles. The summed E-state index contributed by atoms with van der Waals surface area (Å²) in [5.74, 6) is -2.45. The van der Waals surface area contributed by atoms with E-state index < -0.39 is 38.8 Å². The Morgan fingerprint density at radius 1 is 1.00 bits per heavy atom. The summed E-state index contributed by atoms with van der Waals surface area (Å²) in [7, 11) is 0. The maximum Gasteiger partial charge on any atom is 0.329 e. The van der Waals surface area contributed by atoms with Crippen molar-refractivity contribution < 1.29 is 23.4 Å². The van der Waals surface area contributed by atoms with E-state index in [-0.39, 0.29) is 20.3 Å². The van der Waals surface area contributed by atoms with E-state index in [2.05, 4.69) is 37.2 Å². The van der Waals surface area contributed by atoms with Gasteiger partial charge in [0.25, 0.3) is 0 Å². The largest absolute Gasteiger partial charge is 0.393 e. The first kappa shape index (κ1) is 22.4. The van der Waals surface area contributed by atoms with Crippen LogP contribution in [0.5, 0.6) is 0 Å². The van der Waals surface area contributed by atoms with E-state index in [0.29, 0.717) is 0 Å². The van der Waals surface area contributed by atoms with Gasteiger partial charge in [0.2, 0.25) is 17.5 Å². The lowest BCUT2D eigenvalue weighted by Crippen LogP contribution is -2.09. The molecule has 13 heteroatoms. The zero-order valence-electron chi connectivity index (χ0n) is 13.3. The van der Waals surface area contributed by atoms with Crippen LogP contribution in [-0.4, -0.2) is 15.8 Å². The molecule has 0 spiro atoms. The Hall–Kier alpha value is -2.67. The summed E-state index contributed by atoms with van der Waals surface area (Å²) in [6.07, 6.45) is 0. The zero-order valence-corrected chi connectivity index (χ0v) is 16.5. The first-order chi connectivity index (χ1) is 12.5.